The van der Waals surface area contributed by atoms with Gasteiger partial charge in [-0.3, -0.25) is 4.79 Å². The summed E-state index contributed by atoms with van der Waals surface area (Å²) in [6.45, 7) is 6.46. The summed E-state index contributed by atoms with van der Waals surface area (Å²) < 4.78 is 5.59. The van der Waals surface area contributed by atoms with Crippen molar-refractivity contribution in [3.05, 3.63) is 71.5 Å². The minimum Gasteiger partial charge on any atom is -0.492 e. The zero-order valence-corrected chi connectivity index (χ0v) is 15.6. The molecule has 0 aliphatic carbocycles. The maximum atomic E-state index is 12.6. The Balaban J connectivity index is 1.79. The summed E-state index contributed by atoms with van der Waals surface area (Å²) in [5, 5.41) is 6.02. The van der Waals surface area contributed by atoms with E-state index >= 15 is 0 Å². The van der Waals surface area contributed by atoms with Gasteiger partial charge in [0.2, 0.25) is 5.95 Å². The maximum absolute atomic E-state index is 12.6. The second-order valence-electron chi connectivity index (χ2n) is 6.02. The molecule has 0 saturated carbocycles. The number of hydrogen-bond acceptors (Lipinski definition) is 5. The number of aryl methyl sites for hydroxylation is 1. The van der Waals surface area contributed by atoms with Crippen LogP contribution in [0.5, 0.6) is 5.75 Å². The predicted octanol–water partition coefficient (Wildman–Crippen LogP) is 4.49. The first-order valence-corrected chi connectivity index (χ1v) is 8.78. The van der Waals surface area contributed by atoms with E-state index in [2.05, 4.69) is 20.6 Å². The fraction of sp³-hybridized carbons (Fsp3) is 0.190. The number of nitrogens with zero attached hydrogens (tertiary/aromatic N) is 2. The molecule has 6 nitrogen and oxygen atoms in total. The number of rotatable bonds is 6. The van der Waals surface area contributed by atoms with Crippen LogP contribution in [0.4, 0.5) is 17.3 Å². The molecule has 0 spiro atoms. The summed E-state index contributed by atoms with van der Waals surface area (Å²) in [6.07, 6.45) is 1.55. The number of aromatic nitrogens is 2. The Kier molecular flexibility index (Phi) is 5.66. The number of nitrogens with one attached hydrogen (secondary N) is 2. The van der Waals surface area contributed by atoms with Gasteiger partial charge in [0.05, 0.1) is 12.3 Å². The molecule has 0 fully saturated rings. The summed E-state index contributed by atoms with van der Waals surface area (Å²) in [6, 6.07) is 14.9. The third-order valence-corrected chi connectivity index (χ3v) is 4.17. The van der Waals surface area contributed by atoms with Gasteiger partial charge in [-0.15, -0.1) is 0 Å². The molecule has 1 amide bonds. The van der Waals surface area contributed by atoms with Gasteiger partial charge in [-0.1, -0.05) is 24.3 Å². The predicted molar refractivity (Wildman–Crippen MR) is 107 cm³/mol. The van der Waals surface area contributed by atoms with Crippen LogP contribution in [0.15, 0.2) is 54.7 Å². The molecule has 0 unspecified atom stereocenters. The van der Waals surface area contributed by atoms with Crippen molar-refractivity contribution >= 4 is 23.2 Å². The van der Waals surface area contributed by atoms with E-state index in [-0.39, 0.29) is 11.6 Å². The van der Waals surface area contributed by atoms with E-state index in [1.807, 2.05) is 63.2 Å². The minimum atomic E-state index is -0.285. The summed E-state index contributed by atoms with van der Waals surface area (Å²) in [4.78, 5) is 21.1. The average molecular weight is 362 g/mol. The lowest BCUT2D eigenvalue weighted by atomic mass is 10.1. The molecule has 1 heterocycles. The monoisotopic (exact) mass is 362 g/mol. The van der Waals surface area contributed by atoms with Crippen molar-refractivity contribution in [1.29, 1.82) is 0 Å². The Morgan fingerprint density at radius 1 is 1.04 bits per heavy atom. The van der Waals surface area contributed by atoms with E-state index in [1.165, 1.54) is 0 Å². The number of carbonyl (C=O) groups is 1. The van der Waals surface area contributed by atoms with Crippen LogP contribution in [0.1, 0.15) is 28.5 Å². The van der Waals surface area contributed by atoms with E-state index in [0.29, 0.717) is 18.3 Å². The van der Waals surface area contributed by atoms with E-state index in [1.54, 1.807) is 12.3 Å². The SMILES string of the molecule is CCOc1ccccc1Nc1nccc(C(=O)Nc2cccc(C)c2C)n1. The van der Waals surface area contributed by atoms with Crippen molar-refractivity contribution in [3.8, 4) is 5.75 Å². The van der Waals surface area contributed by atoms with Crippen LogP contribution in [0.2, 0.25) is 0 Å². The normalized spacial score (nSPS) is 10.3. The molecule has 2 N–H and O–H groups in total. The quantitative estimate of drug-likeness (QED) is 0.676. The molecule has 1 aromatic heterocycles. The van der Waals surface area contributed by atoms with Crippen LogP contribution in [0.25, 0.3) is 0 Å². The van der Waals surface area contributed by atoms with Crippen molar-refractivity contribution in [2.75, 3.05) is 17.2 Å². The number of ether oxygens (including phenoxy) is 1. The number of amides is 1. The molecule has 0 aliphatic heterocycles. The molecule has 0 radical (unpaired) electrons. The fourth-order valence-electron chi connectivity index (χ4n) is 2.59. The summed E-state index contributed by atoms with van der Waals surface area (Å²) in [5.74, 6) is 0.747. The number of carbonyl (C=O) groups excluding carboxylic acids is 1. The van der Waals surface area contributed by atoms with E-state index in [9.17, 15) is 4.79 Å². The van der Waals surface area contributed by atoms with Gasteiger partial charge in [0, 0.05) is 11.9 Å². The zero-order chi connectivity index (χ0) is 19.2. The molecule has 0 bridgehead atoms. The number of benzene rings is 2. The Morgan fingerprint density at radius 2 is 1.81 bits per heavy atom. The molecule has 0 aliphatic rings. The standard InChI is InChI=1S/C21H22N4O2/c1-4-27-19-11-6-5-9-17(19)24-21-22-13-12-18(25-21)20(26)23-16-10-7-8-14(2)15(16)3/h5-13H,4H2,1-3H3,(H,23,26)(H,22,24,25). The summed E-state index contributed by atoms with van der Waals surface area (Å²) in [7, 11) is 0. The Hall–Kier alpha value is -3.41. The smallest absolute Gasteiger partial charge is 0.274 e. The first-order valence-electron chi connectivity index (χ1n) is 8.78. The first kappa shape index (κ1) is 18.4. The Labute approximate surface area is 158 Å². The van der Waals surface area contributed by atoms with Gasteiger partial charge in [-0.2, -0.15) is 0 Å². The van der Waals surface area contributed by atoms with Gasteiger partial charge in [0.1, 0.15) is 11.4 Å². The van der Waals surface area contributed by atoms with Crippen LogP contribution in [0.3, 0.4) is 0 Å². The van der Waals surface area contributed by atoms with Crippen molar-refractivity contribution in [2.24, 2.45) is 0 Å². The van der Waals surface area contributed by atoms with Gasteiger partial charge in [-0.05, 0) is 56.2 Å². The van der Waals surface area contributed by atoms with Crippen LogP contribution < -0.4 is 15.4 Å². The second-order valence-corrected chi connectivity index (χ2v) is 6.02. The van der Waals surface area contributed by atoms with E-state index in [4.69, 9.17) is 4.74 Å². The highest BCUT2D eigenvalue weighted by molar-refractivity contribution is 6.03. The molecule has 0 atom stereocenters. The topological polar surface area (TPSA) is 76.1 Å². The maximum Gasteiger partial charge on any atom is 0.274 e. The number of para-hydroxylation sites is 2. The molecular weight excluding hydrogens is 340 g/mol. The molecule has 0 saturated heterocycles. The molecule has 2 aromatic carbocycles. The van der Waals surface area contributed by atoms with Gasteiger partial charge < -0.3 is 15.4 Å². The highest BCUT2D eigenvalue weighted by Crippen LogP contribution is 2.26. The van der Waals surface area contributed by atoms with Crippen molar-refractivity contribution < 1.29 is 9.53 Å². The zero-order valence-electron chi connectivity index (χ0n) is 15.6. The lowest BCUT2D eigenvalue weighted by molar-refractivity contribution is 0.102. The van der Waals surface area contributed by atoms with Gasteiger partial charge in [0.15, 0.2) is 0 Å². The molecule has 138 valence electrons. The van der Waals surface area contributed by atoms with Crippen LogP contribution in [-0.4, -0.2) is 22.5 Å². The minimum absolute atomic E-state index is 0.280. The van der Waals surface area contributed by atoms with Gasteiger partial charge in [-0.25, -0.2) is 9.97 Å². The number of hydrogen-bond donors (Lipinski definition) is 2. The average Bonchev–Trinajstić information content (AvgIpc) is 2.67. The van der Waals surface area contributed by atoms with Crippen LogP contribution in [-0.2, 0) is 0 Å². The molecule has 3 aromatic rings. The Morgan fingerprint density at radius 3 is 2.63 bits per heavy atom. The van der Waals surface area contributed by atoms with E-state index in [0.717, 1.165) is 22.5 Å². The number of anilines is 3. The third kappa shape index (κ3) is 4.41. The van der Waals surface area contributed by atoms with Crippen molar-refractivity contribution in [1.82, 2.24) is 9.97 Å². The lowest BCUT2D eigenvalue weighted by Crippen LogP contribution is -2.15. The highest BCUT2D eigenvalue weighted by atomic mass is 16.5. The third-order valence-electron chi connectivity index (χ3n) is 4.17. The fourth-order valence-corrected chi connectivity index (χ4v) is 2.59. The molecular formula is C21H22N4O2. The molecule has 6 heteroatoms. The lowest BCUT2D eigenvalue weighted by Gasteiger charge is -2.12. The van der Waals surface area contributed by atoms with Crippen LogP contribution in [0, 0.1) is 13.8 Å². The van der Waals surface area contributed by atoms with Gasteiger partial charge >= 0.3 is 0 Å². The van der Waals surface area contributed by atoms with Gasteiger partial charge in [0.25, 0.3) is 5.91 Å². The van der Waals surface area contributed by atoms with Crippen molar-refractivity contribution in [3.63, 3.8) is 0 Å². The second kappa shape index (κ2) is 8.31. The van der Waals surface area contributed by atoms with Crippen molar-refractivity contribution in [2.45, 2.75) is 20.8 Å². The van der Waals surface area contributed by atoms with Crippen LogP contribution >= 0.6 is 0 Å². The summed E-state index contributed by atoms with van der Waals surface area (Å²) in [5.41, 5.74) is 3.94. The molecule has 3 rings (SSSR count). The largest absolute Gasteiger partial charge is 0.492 e. The first-order chi connectivity index (χ1) is 13.1. The van der Waals surface area contributed by atoms with E-state index < -0.39 is 0 Å². The summed E-state index contributed by atoms with van der Waals surface area (Å²) >= 11 is 0. The highest BCUT2D eigenvalue weighted by Gasteiger charge is 2.12. The molecule has 27 heavy (non-hydrogen) atoms. The Bertz CT molecular complexity index is 956.